The third kappa shape index (κ3) is 4.90. The van der Waals surface area contributed by atoms with Crippen LogP contribution < -0.4 is 16.0 Å². The van der Waals surface area contributed by atoms with Gasteiger partial charge in [0.25, 0.3) is 0 Å². The van der Waals surface area contributed by atoms with E-state index in [-0.39, 0.29) is 11.4 Å². The number of hydrogen-bond donors (Lipinski definition) is 4. The molecule has 2 aromatic carbocycles. The number of amides is 2. The molecule has 3 heterocycles. The Morgan fingerprint density at radius 1 is 0.944 bits per heavy atom. The van der Waals surface area contributed by atoms with Crippen LogP contribution in [0.5, 0.6) is 0 Å². The number of carbonyl (C=O) groups is 1. The summed E-state index contributed by atoms with van der Waals surface area (Å²) in [5.74, 6) is 1.30. The molecule has 0 atom stereocenters. The van der Waals surface area contributed by atoms with Crippen molar-refractivity contribution in [3.63, 3.8) is 0 Å². The molecule has 0 bridgehead atoms. The van der Waals surface area contributed by atoms with Gasteiger partial charge in [-0.1, -0.05) is 32.9 Å². The second kappa shape index (κ2) is 9.18. The number of fused-ring (bicyclic) bond motifs is 1. The smallest absolute Gasteiger partial charge is 0.324 e. The van der Waals surface area contributed by atoms with Gasteiger partial charge in [-0.2, -0.15) is 5.10 Å². The number of aryl methyl sites for hydroxylation is 1. The summed E-state index contributed by atoms with van der Waals surface area (Å²) >= 11 is 0. The van der Waals surface area contributed by atoms with Gasteiger partial charge in [0.1, 0.15) is 23.6 Å². The number of rotatable bonds is 5. The molecule has 2 amide bonds. The lowest BCUT2D eigenvalue weighted by Crippen LogP contribution is -2.21. The average molecular weight is 481 g/mol. The minimum atomic E-state index is -0.352. The average Bonchev–Trinajstić information content (AvgIpc) is 3.48. The van der Waals surface area contributed by atoms with Crippen LogP contribution in [0.1, 0.15) is 32.0 Å². The van der Waals surface area contributed by atoms with Crippen molar-refractivity contribution in [1.29, 1.82) is 0 Å². The highest BCUT2D eigenvalue weighted by Crippen LogP contribution is 2.27. The first-order chi connectivity index (χ1) is 17.3. The Kier molecular flexibility index (Phi) is 5.89. The third-order valence-corrected chi connectivity index (χ3v) is 5.73. The highest BCUT2D eigenvalue weighted by Gasteiger charge is 2.21. The summed E-state index contributed by atoms with van der Waals surface area (Å²) in [4.78, 5) is 24.5. The van der Waals surface area contributed by atoms with Crippen molar-refractivity contribution >= 4 is 40.1 Å². The summed E-state index contributed by atoms with van der Waals surface area (Å²) in [5, 5.41) is 14.8. The zero-order valence-electron chi connectivity index (χ0n) is 20.6. The SMILES string of the molecule is Cc1cccc(-n2nc(C(C)(C)C)cc2NC(=O)Nc2ccc(Nc3ncnc4[nH]ccc34)cc2)c1. The number of aromatic nitrogens is 5. The molecule has 36 heavy (non-hydrogen) atoms. The predicted octanol–water partition coefficient (Wildman–Crippen LogP) is 6.14. The van der Waals surface area contributed by atoms with E-state index in [0.717, 1.165) is 33.7 Å². The number of H-pyrrole nitrogens is 1. The Morgan fingerprint density at radius 2 is 1.72 bits per heavy atom. The van der Waals surface area contributed by atoms with Gasteiger partial charge in [-0.15, -0.1) is 0 Å². The molecule has 0 saturated carbocycles. The van der Waals surface area contributed by atoms with Crippen LogP contribution in [0, 0.1) is 6.92 Å². The first kappa shape index (κ1) is 23.1. The summed E-state index contributed by atoms with van der Waals surface area (Å²) in [7, 11) is 0. The van der Waals surface area contributed by atoms with Crippen molar-refractivity contribution < 1.29 is 4.79 Å². The number of nitrogens with zero attached hydrogens (tertiary/aromatic N) is 4. The molecule has 0 saturated heterocycles. The second-order valence-electron chi connectivity index (χ2n) is 9.66. The molecule has 0 radical (unpaired) electrons. The molecular weight excluding hydrogens is 452 g/mol. The molecule has 5 rings (SSSR count). The van der Waals surface area contributed by atoms with Crippen molar-refractivity contribution in [2.75, 3.05) is 16.0 Å². The molecule has 0 aliphatic heterocycles. The molecule has 4 N–H and O–H groups in total. The van der Waals surface area contributed by atoms with Crippen LogP contribution in [-0.4, -0.2) is 30.8 Å². The van der Waals surface area contributed by atoms with E-state index in [1.54, 1.807) is 4.68 Å². The largest absolute Gasteiger partial charge is 0.346 e. The summed E-state index contributed by atoms with van der Waals surface area (Å²) < 4.78 is 1.77. The van der Waals surface area contributed by atoms with Crippen LogP contribution in [0.25, 0.3) is 16.7 Å². The summed E-state index contributed by atoms with van der Waals surface area (Å²) in [6.45, 7) is 8.31. The molecular formula is C27H28N8O. The van der Waals surface area contributed by atoms with Crippen LogP contribution in [0.15, 0.2) is 73.2 Å². The maximum Gasteiger partial charge on any atom is 0.324 e. The number of nitrogens with one attached hydrogen (secondary N) is 4. The lowest BCUT2D eigenvalue weighted by atomic mass is 9.92. The molecule has 0 unspecified atom stereocenters. The zero-order valence-corrected chi connectivity index (χ0v) is 20.6. The zero-order chi connectivity index (χ0) is 25.3. The molecule has 5 aromatic rings. The molecule has 0 aliphatic rings. The van der Waals surface area contributed by atoms with Gasteiger partial charge < -0.3 is 15.6 Å². The van der Waals surface area contributed by atoms with E-state index >= 15 is 0 Å². The van der Waals surface area contributed by atoms with Crippen LogP contribution in [0.2, 0.25) is 0 Å². The molecule has 182 valence electrons. The molecule has 9 nitrogen and oxygen atoms in total. The van der Waals surface area contributed by atoms with E-state index < -0.39 is 0 Å². The quantitative estimate of drug-likeness (QED) is 0.241. The molecule has 0 fully saturated rings. The number of carbonyl (C=O) groups excluding carboxylic acids is 1. The number of urea groups is 1. The fourth-order valence-corrected chi connectivity index (χ4v) is 3.82. The molecule has 0 aliphatic carbocycles. The van der Waals surface area contributed by atoms with Crippen molar-refractivity contribution in [2.45, 2.75) is 33.1 Å². The van der Waals surface area contributed by atoms with Crippen LogP contribution in [0.4, 0.5) is 27.8 Å². The Bertz CT molecular complexity index is 1530. The Labute approximate surface area is 209 Å². The Hall–Kier alpha value is -4.66. The number of anilines is 4. The van der Waals surface area contributed by atoms with Gasteiger partial charge in [0.2, 0.25) is 0 Å². The monoisotopic (exact) mass is 480 g/mol. The van der Waals surface area contributed by atoms with Crippen molar-refractivity contribution in [1.82, 2.24) is 24.7 Å². The van der Waals surface area contributed by atoms with E-state index in [1.807, 2.05) is 73.8 Å². The maximum absolute atomic E-state index is 12.9. The van der Waals surface area contributed by atoms with E-state index in [9.17, 15) is 4.79 Å². The van der Waals surface area contributed by atoms with Crippen LogP contribution in [0.3, 0.4) is 0 Å². The van der Waals surface area contributed by atoms with Crippen molar-refractivity contribution in [3.8, 4) is 5.69 Å². The van der Waals surface area contributed by atoms with Crippen LogP contribution in [-0.2, 0) is 5.41 Å². The summed E-state index contributed by atoms with van der Waals surface area (Å²) in [6, 6.07) is 18.9. The van der Waals surface area contributed by atoms with Gasteiger partial charge in [-0.25, -0.2) is 19.4 Å². The predicted molar refractivity (Wildman–Crippen MR) is 143 cm³/mol. The first-order valence-electron chi connectivity index (χ1n) is 11.7. The van der Waals surface area contributed by atoms with E-state index in [2.05, 4.69) is 51.7 Å². The fraction of sp³-hybridized carbons (Fsp3) is 0.185. The molecule has 9 heteroatoms. The minimum absolute atomic E-state index is 0.166. The maximum atomic E-state index is 12.9. The Morgan fingerprint density at radius 3 is 2.47 bits per heavy atom. The minimum Gasteiger partial charge on any atom is -0.346 e. The molecule has 3 aromatic heterocycles. The van der Waals surface area contributed by atoms with E-state index in [0.29, 0.717) is 17.3 Å². The second-order valence-corrected chi connectivity index (χ2v) is 9.66. The van der Waals surface area contributed by atoms with Gasteiger partial charge in [-0.3, -0.25) is 5.32 Å². The normalized spacial score (nSPS) is 11.4. The highest BCUT2D eigenvalue weighted by molar-refractivity contribution is 5.99. The van der Waals surface area contributed by atoms with Gasteiger partial charge >= 0.3 is 6.03 Å². The topological polar surface area (TPSA) is 113 Å². The van der Waals surface area contributed by atoms with Crippen LogP contribution >= 0.6 is 0 Å². The van der Waals surface area contributed by atoms with Gasteiger partial charge in [0.05, 0.1) is 16.8 Å². The molecule has 0 spiro atoms. The Balaban J connectivity index is 1.31. The summed E-state index contributed by atoms with van der Waals surface area (Å²) in [6.07, 6.45) is 3.33. The standard InChI is InChI=1S/C27H28N8O/c1-17-6-5-7-20(14-17)35-23(15-22(34-35)27(2,3)4)33-26(36)32-19-10-8-18(9-11-19)31-25-21-12-13-28-24(21)29-16-30-25/h5-16H,1-4H3,(H2,32,33,36)(H2,28,29,30,31). The highest BCUT2D eigenvalue weighted by atomic mass is 16.2. The van der Waals surface area contributed by atoms with Gasteiger partial charge in [0.15, 0.2) is 0 Å². The fourth-order valence-electron chi connectivity index (χ4n) is 3.82. The van der Waals surface area contributed by atoms with Gasteiger partial charge in [-0.05, 0) is 55.0 Å². The first-order valence-corrected chi connectivity index (χ1v) is 11.7. The van der Waals surface area contributed by atoms with Crippen molar-refractivity contribution in [2.24, 2.45) is 0 Å². The van der Waals surface area contributed by atoms with E-state index in [4.69, 9.17) is 5.10 Å². The van der Waals surface area contributed by atoms with Gasteiger partial charge in [0, 0.05) is 29.1 Å². The van der Waals surface area contributed by atoms with E-state index in [1.165, 1.54) is 6.33 Å². The lowest BCUT2D eigenvalue weighted by molar-refractivity contribution is 0.262. The number of aromatic amines is 1. The lowest BCUT2D eigenvalue weighted by Gasteiger charge is -2.14. The number of hydrogen-bond acceptors (Lipinski definition) is 5. The van der Waals surface area contributed by atoms with Crippen molar-refractivity contribution in [3.05, 3.63) is 84.4 Å². The summed E-state index contributed by atoms with van der Waals surface area (Å²) in [5.41, 5.74) is 4.99. The number of benzene rings is 2. The third-order valence-electron chi connectivity index (χ3n) is 5.73.